The van der Waals surface area contributed by atoms with Gasteiger partial charge in [0.05, 0.1) is 13.2 Å². The van der Waals surface area contributed by atoms with Gasteiger partial charge in [-0.25, -0.2) is 0 Å². The Kier molecular flexibility index (Phi) is 6.09. The van der Waals surface area contributed by atoms with Crippen molar-refractivity contribution >= 4 is 33.0 Å². The Morgan fingerprint density at radius 1 is 1.67 bits per heavy atom. The van der Waals surface area contributed by atoms with Crippen molar-refractivity contribution in [1.29, 1.82) is 0 Å². The van der Waals surface area contributed by atoms with Gasteiger partial charge < -0.3 is 10.1 Å². The van der Waals surface area contributed by atoms with E-state index < -0.39 is 0 Å². The summed E-state index contributed by atoms with van der Waals surface area (Å²) >= 11 is 4.96. The minimum absolute atomic E-state index is 0.209. The second kappa shape index (κ2) is 7.11. The normalized spacial score (nSPS) is 10.5. The molecule has 0 saturated carbocycles. The first-order chi connectivity index (χ1) is 7.22. The van der Waals surface area contributed by atoms with E-state index in [-0.39, 0.29) is 5.78 Å². The van der Waals surface area contributed by atoms with Crippen molar-refractivity contribution < 1.29 is 9.53 Å². The zero-order valence-corrected chi connectivity index (χ0v) is 11.0. The minimum atomic E-state index is 0.209. The lowest BCUT2D eigenvalue weighted by atomic mass is 10.2. The first kappa shape index (κ1) is 12.8. The summed E-state index contributed by atoms with van der Waals surface area (Å²) in [5.74, 6) is 0.209. The van der Waals surface area contributed by atoms with Crippen LogP contribution in [0.15, 0.2) is 15.9 Å². The molecule has 0 bridgehead atoms. The highest BCUT2D eigenvalue weighted by molar-refractivity contribution is 9.10. The molecule has 0 unspecified atom stereocenters. The Morgan fingerprint density at radius 3 is 3.07 bits per heavy atom. The Bertz CT molecular complexity index is 314. The van der Waals surface area contributed by atoms with E-state index in [0.717, 1.165) is 15.9 Å². The van der Waals surface area contributed by atoms with Crippen molar-refractivity contribution in [3.8, 4) is 0 Å². The molecular formula is C10H14BrNO2S. The van der Waals surface area contributed by atoms with Gasteiger partial charge >= 0.3 is 0 Å². The van der Waals surface area contributed by atoms with Gasteiger partial charge in [-0.05, 0) is 22.0 Å². The van der Waals surface area contributed by atoms with E-state index in [4.69, 9.17) is 4.74 Å². The summed E-state index contributed by atoms with van der Waals surface area (Å²) in [5.41, 5.74) is 0. The van der Waals surface area contributed by atoms with Crippen LogP contribution in [0.5, 0.6) is 0 Å². The molecule has 1 N–H and O–H groups in total. The molecule has 0 aromatic carbocycles. The van der Waals surface area contributed by atoms with Crippen molar-refractivity contribution in [2.45, 2.75) is 6.42 Å². The third-order valence-electron chi connectivity index (χ3n) is 1.80. The number of thiophene rings is 1. The van der Waals surface area contributed by atoms with Crippen LogP contribution in [0.4, 0.5) is 0 Å². The van der Waals surface area contributed by atoms with Crippen LogP contribution in [0.2, 0.25) is 0 Å². The van der Waals surface area contributed by atoms with Crippen LogP contribution in [0, 0.1) is 0 Å². The summed E-state index contributed by atoms with van der Waals surface area (Å²) in [5, 5.41) is 5.02. The molecule has 0 fully saturated rings. The number of ether oxygens (including phenoxy) is 1. The van der Waals surface area contributed by atoms with Crippen molar-refractivity contribution in [2.75, 3.05) is 26.8 Å². The third kappa shape index (κ3) is 5.41. The zero-order valence-electron chi connectivity index (χ0n) is 8.59. The van der Waals surface area contributed by atoms with E-state index in [2.05, 4.69) is 21.2 Å². The van der Waals surface area contributed by atoms with Crippen molar-refractivity contribution in [3.63, 3.8) is 0 Å². The maximum atomic E-state index is 11.5. The maximum absolute atomic E-state index is 11.5. The molecule has 0 saturated heterocycles. The van der Waals surface area contributed by atoms with Gasteiger partial charge in [-0.3, -0.25) is 4.79 Å². The van der Waals surface area contributed by atoms with Crippen LogP contribution in [-0.4, -0.2) is 32.6 Å². The molecule has 1 aromatic rings. The number of halogens is 1. The molecule has 0 atom stereocenters. The van der Waals surface area contributed by atoms with Gasteiger partial charge in [0.2, 0.25) is 0 Å². The van der Waals surface area contributed by atoms with Gasteiger partial charge in [-0.1, -0.05) is 0 Å². The van der Waals surface area contributed by atoms with Gasteiger partial charge in [-0.2, -0.15) is 0 Å². The van der Waals surface area contributed by atoms with Crippen molar-refractivity contribution in [3.05, 3.63) is 20.8 Å². The fourth-order valence-corrected chi connectivity index (χ4v) is 2.58. The molecular weight excluding hydrogens is 278 g/mol. The Balaban J connectivity index is 2.18. The lowest BCUT2D eigenvalue weighted by Gasteiger charge is -2.02. The highest BCUT2D eigenvalue weighted by atomic mass is 79.9. The molecule has 0 aliphatic heterocycles. The number of nitrogens with one attached hydrogen (secondary N) is 1. The summed E-state index contributed by atoms with van der Waals surface area (Å²) < 4.78 is 5.91. The largest absolute Gasteiger partial charge is 0.383 e. The molecule has 1 rings (SSSR count). The molecule has 0 radical (unpaired) electrons. The number of carbonyl (C=O) groups excluding carboxylic acids is 1. The second-order valence-corrected chi connectivity index (χ2v) is 5.03. The molecule has 5 heteroatoms. The van der Waals surface area contributed by atoms with Crippen LogP contribution in [0.25, 0.3) is 0 Å². The predicted molar refractivity (Wildman–Crippen MR) is 65.5 cm³/mol. The van der Waals surface area contributed by atoms with Crippen molar-refractivity contribution in [1.82, 2.24) is 5.32 Å². The molecule has 3 nitrogen and oxygen atoms in total. The second-order valence-electron chi connectivity index (χ2n) is 3.12. The van der Waals surface area contributed by atoms with E-state index in [9.17, 15) is 4.79 Å². The van der Waals surface area contributed by atoms with Gasteiger partial charge in [-0.15, -0.1) is 11.3 Å². The quantitative estimate of drug-likeness (QED) is 0.780. The fourth-order valence-electron chi connectivity index (χ4n) is 1.11. The molecule has 0 aliphatic rings. The summed E-state index contributed by atoms with van der Waals surface area (Å²) in [7, 11) is 1.65. The van der Waals surface area contributed by atoms with Crippen LogP contribution in [0.1, 0.15) is 4.88 Å². The number of hydrogen-bond acceptors (Lipinski definition) is 4. The fraction of sp³-hybridized carbons (Fsp3) is 0.500. The zero-order chi connectivity index (χ0) is 11.1. The Labute approximate surface area is 102 Å². The lowest BCUT2D eigenvalue weighted by molar-refractivity contribution is -0.117. The molecule has 0 amide bonds. The smallest absolute Gasteiger partial charge is 0.151 e. The first-order valence-corrected chi connectivity index (χ1v) is 6.34. The molecule has 15 heavy (non-hydrogen) atoms. The maximum Gasteiger partial charge on any atom is 0.151 e. The van der Waals surface area contributed by atoms with Gasteiger partial charge in [0.25, 0.3) is 0 Å². The number of Topliss-reactive ketones (excluding diaryl/α,β-unsaturated/α-hetero) is 1. The van der Waals surface area contributed by atoms with Crippen LogP contribution >= 0.6 is 27.3 Å². The van der Waals surface area contributed by atoms with Gasteiger partial charge in [0, 0.05) is 34.8 Å². The van der Waals surface area contributed by atoms with Crippen molar-refractivity contribution in [2.24, 2.45) is 0 Å². The average molecular weight is 292 g/mol. The first-order valence-electron chi connectivity index (χ1n) is 4.66. The minimum Gasteiger partial charge on any atom is -0.383 e. The highest BCUT2D eigenvalue weighted by Crippen LogP contribution is 2.20. The molecule has 1 heterocycles. The van der Waals surface area contributed by atoms with Gasteiger partial charge in [0.15, 0.2) is 5.78 Å². The highest BCUT2D eigenvalue weighted by Gasteiger charge is 2.05. The molecule has 84 valence electrons. The Hall–Kier alpha value is -0.230. The summed E-state index contributed by atoms with van der Waals surface area (Å²) in [4.78, 5) is 12.6. The summed E-state index contributed by atoms with van der Waals surface area (Å²) in [6, 6.07) is 1.98. The molecule has 0 spiro atoms. The Morgan fingerprint density at radius 2 is 2.47 bits per heavy atom. The monoisotopic (exact) mass is 291 g/mol. The third-order valence-corrected chi connectivity index (χ3v) is 3.50. The SMILES string of the molecule is COCCNCC(=O)Cc1cc(Br)cs1. The molecule has 1 aromatic heterocycles. The number of rotatable bonds is 7. The number of ketones is 1. The van der Waals surface area contributed by atoms with Gasteiger partial charge in [0.1, 0.15) is 0 Å². The summed E-state index contributed by atoms with van der Waals surface area (Å²) in [6.45, 7) is 1.77. The number of methoxy groups -OCH3 is 1. The average Bonchev–Trinajstić information content (AvgIpc) is 2.59. The van der Waals surface area contributed by atoms with E-state index in [0.29, 0.717) is 19.6 Å². The van der Waals surface area contributed by atoms with E-state index in [1.165, 1.54) is 0 Å². The van der Waals surface area contributed by atoms with E-state index >= 15 is 0 Å². The van der Waals surface area contributed by atoms with Crippen LogP contribution in [0.3, 0.4) is 0 Å². The van der Waals surface area contributed by atoms with E-state index in [1.54, 1.807) is 18.4 Å². The molecule has 0 aliphatic carbocycles. The summed E-state index contributed by atoms with van der Waals surface area (Å²) in [6.07, 6.45) is 0.510. The lowest BCUT2D eigenvalue weighted by Crippen LogP contribution is -2.27. The topological polar surface area (TPSA) is 38.3 Å². The number of hydrogen-bond donors (Lipinski definition) is 1. The number of carbonyl (C=O) groups is 1. The predicted octanol–water partition coefficient (Wildman–Crippen LogP) is 1.86. The van der Waals surface area contributed by atoms with E-state index in [1.807, 2.05) is 11.4 Å². The standard InChI is InChI=1S/C10H14BrNO2S/c1-14-3-2-12-6-9(13)5-10-4-8(11)7-15-10/h4,7,12H,2-3,5-6H2,1H3. The van der Waals surface area contributed by atoms with Crippen LogP contribution < -0.4 is 5.32 Å². The van der Waals surface area contributed by atoms with Crippen LogP contribution in [-0.2, 0) is 16.0 Å².